The fourth-order valence-electron chi connectivity index (χ4n) is 5.92. The van der Waals surface area contributed by atoms with E-state index in [2.05, 4.69) is 25.3 Å². The summed E-state index contributed by atoms with van der Waals surface area (Å²) in [7, 11) is -3.76. The molecular formula is C36H38F2N6O5S2. The van der Waals surface area contributed by atoms with Crippen LogP contribution in [0.5, 0.6) is 11.6 Å². The summed E-state index contributed by atoms with van der Waals surface area (Å²) in [6.45, 7) is 9.04. The van der Waals surface area contributed by atoms with Gasteiger partial charge < -0.3 is 19.7 Å². The largest absolute Gasteiger partial charge is 0.444 e. The highest BCUT2D eigenvalue weighted by Gasteiger charge is 2.33. The summed E-state index contributed by atoms with van der Waals surface area (Å²) in [5.74, 6) is -0.644. The molecule has 5 aromatic rings. The van der Waals surface area contributed by atoms with Crippen LogP contribution >= 0.6 is 11.3 Å². The Morgan fingerprint density at radius 3 is 2.55 bits per heavy atom. The van der Waals surface area contributed by atoms with Crippen molar-refractivity contribution in [1.29, 1.82) is 0 Å². The normalized spacial score (nSPS) is 16.6. The summed E-state index contributed by atoms with van der Waals surface area (Å²) in [5.41, 5.74) is 1.45. The molecule has 6 rings (SSSR count). The van der Waals surface area contributed by atoms with Crippen LogP contribution in [0, 0.1) is 19.7 Å². The standard InChI is InChI=1S/C36H38F2N6O5S2/c1-21-8-9-26-27(10-11-30(38)29(26)20-51(46,47)19-25-18-50-22(2)41-25)32(21)48-33-28(7-6-13-39-33)31-12-14-40-34(43-31)42-24-15-23(37)16-44(17-24)35(45)49-36(3,4)5/h6-14,18,23-24H,15-17,19-20H2,1-5H3,(H,40,42,43)/t23-,24-/m0/s1. The number of anilines is 1. The van der Waals surface area contributed by atoms with Gasteiger partial charge in [0.25, 0.3) is 0 Å². The third kappa shape index (κ3) is 8.76. The SMILES string of the molecule is Cc1nc(CS(=O)(=O)Cc2c(F)ccc3c(Oc4ncccc4-c4ccnc(N[C@H]5C[C@H](F)CN(C(=O)OC(C)(C)C)C5)n4)c(C)ccc23)cs1. The molecule has 1 N–H and O–H groups in total. The highest BCUT2D eigenvalue weighted by molar-refractivity contribution is 7.89. The van der Waals surface area contributed by atoms with Crippen molar-refractivity contribution < 1.29 is 31.5 Å². The number of hydrogen-bond donors (Lipinski definition) is 1. The highest BCUT2D eigenvalue weighted by atomic mass is 32.2. The quantitative estimate of drug-likeness (QED) is 0.161. The minimum atomic E-state index is -3.76. The Morgan fingerprint density at radius 2 is 1.80 bits per heavy atom. The van der Waals surface area contributed by atoms with Crippen LogP contribution in [0.1, 0.15) is 49.0 Å². The summed E-state index contributed by atoms with van der Waals surface area (Å²) in [5, 5.41) is 6.52. The molecule has 2 atom stereocenters. The Kier molecular flexibility index (Phi) is 10.2. The molecule has 51 heavy (non-hydrogen) atoms. The Balaban J connectivity index is 1.26. The van der Waals surface area contributed by atoms with Crippen molar-refractivity contribution in [3.05, 3.63) is 87.9 Å². The van der Waals surface area contributed by atoms with E-state index in [1.54, 1.807) is 81.9 Å². The number of aryl methyl sites for hydroxylation is 2. The van der Waals surface area contributed by atoms with Gasteiger partial charge in [0.2, 0.25) is 11.8 Å². The van der Waals surface area contributed by atoms with Gasteiger partial charge in [0.1, 0.15) is 23.3 Å². The fraction of sp³-hybridized carbons (Fsp3) is 0.361. The zero-order valence-corrected chi connectivity index (χ0v) is 30.4. The number of sulfone groups is 1. The van der Waals surface area contributed by atoms with Crippen molar-refractivity contribution in [2.24, 2.45) is 0 Å². The summed E-state index contributed by atoms with van der Waals surface area (Å²) >= 11 is 1.36. The monoisotopic (exact) mass is 736 g/mol. The molecule has 1 saturated heterocycles. The van der Waals surface area contributed by atoms with E-state index in [1.165, 1.54) is 22.3 Å². The predicted octanol–water partition coefficient (Wildman–Crippen LogP) is 7.57. The number of hydrogen-bond acceptors (Lipinski definition) is 11. The van der Waals surface area contributed by atoms with Crippen molar-refractivity contribution >= 4 is 44.0 Å². The van der Waals surface area contributed by atoms with Gasteiger partial charge in [-0.05, 0) is 75.9 Å². The first-order valence-electron chi connectivity index (χ1n) is 16.3. The van der Waals surface area contributed by atoms with Crippen LogP contribution in [0.3, 0.4) is 0 Å². The number of benzene rings is 2. The second-order valence-corrected chi connectivity index (χ2v) is 16.6. The van der Waals surface area contributed by atoms with E-state index < -0.39 is 45.3 Å². The molecule has 0 saturated carbocycles. The smallest absolute Gasteiger partial charge is 0.410 e. The van der Waals surface area contributed by atoms with E-state index >= 15 is 4.39 Å². The molecule has 4 heterocycles. The number of carbonyl (C=O) groups excluding carboxylic acids is 1. The van der Waals surface area contributed by atoms with Gasteiger partial charge in [0, 0.05) is 47.7 Å². The van der Waals surface area contributed by atoms with Crippen LogP contribution in [-0.4, -0.2) is 70.3 Å². The molecule has 11 nitrogen and oxygen atoms in total. The number of nitrogens with zero attached hydrogens (tertiary/aromatic N) is 5. The average Bonchev–Trinajstić information content (AvgIpc) is 3.46. The zero-order valence-electron chi connectivity index (χ0n) is 28.8. The van der Waals surface area contributed by atoms with E-state index in [-0.39, 0.29) is 42.7 Å². The van der Waals surface area contributed by atoms with Crippen LogP contribution in [0.4, 0.5) is 19.5 Å². The van der Waals surface area contributed by atoms with Gasteiger partial charge >= 0.3 is 6.09 Å². The third-order valence-corrected chi connectivity index (χ3v) is 10.4. The lowest BCUT2D eigenvalue weighted by atomic mass is 10.0. The molecular weight excluding hydrogens is 699 g/mol. The van der Waals surface area contributed by atoms with Gasteiger partial charge in [-0.2, -0.15) is 0 Å². The van der Waals surface area contributed by atoms with Gasteiger partial charge in [-0.25, -0.2) is 41.9 Å². The maximum Gasteiger partial charge on any atom is 0.410 e. The summed E-state index contributed by atoms with van der Waals surface area (Å²) in [6, 6.07) is 10.9. The number of likely N-dealkylation sites (tertiary alicyclic amines) is 1. The third-order valence-electron chi connectivity index (χ3n) is 8.09. The number of ether oxygens (including phenoxy) is 2. The molecule has 1 aliphatic heterocycles. The Hall–Kier alpha value is -4.76. The van der Waals surface area contributed by atoms with Crippen LogP contribution in [-0.2, 0) is 26.1 Å². The lowest BCUT2D eigenvalue weighted by Crippen LogP contribution is -2.51. The van der Waals surface area contributed by atoms with Gasteiger partial charge in [-0.1, -0.05) is 12.1 Å². The number of pyridine rings is 1. The second-order valence-electron chi connectivity index (χ2n) is 13.5. The van der Waals surface area contributed by atoms with Crippen LogP contribution in [0.15, 0.2) is 60.2 Å². The van der Waals surface area contributed by atoms with Crippen LogP contribution in [0.2, 0.25) is 0 Å². The summed E-state index contributed by atoms with van der Waals surface area (Å²) in [6.07, 6.45) is 1.42. The zero-order chi connectivity index (χ0) is 36.5. The lowest BCUT2D eigenvalue weighted by Gasteiger charge is -2.36. The molecule has 268 valence electrons. The van der Waals surface area contributed by atoms with Gasteiger partial charge in [0.15, 0.2) is 9.84 Å². The number of aromatic nitrogens is 4. The van der Waals surface area contributed by atoms with Crippen molar-refractivity contribution in [2.45, 2.75) is 70.4 Å². The number of rotatable bonds is 9. The number of fused-ring (bicyclic) bond motifs is 1. The first-order valence-corrected chi connectivity index (χ1v) is 19.0. The second kappa shape index (κ2) is 14.5. The molecule has 0 bridgehead atoms. The number of thiazole rings is 1. The van der Waals surface area contributed by atoms with E-state index in [0.29, 0.717) is 33.5 Å². The van der Waals surface area contributed by atoms with E-state index in [1.807, 2.05) is 6.92 Å². The van der Waals surface area contributed by atoms with Gasteiger partial charge in [-0.3, -0.25) is 0 Å². The molecule has 0 unspecified atom stereocenters. The van der Waals surface area contributed by atoms with Crippen molar-refractivity contribution in [1.82, 2.24) is 24.8 Å². The molecule has 1 aliphatic rings. The fourth-order valence-corrected chi connectivity index (χ4v) is 8.07. The topological polar surface area (TPSA) is 136 Å². The van der Waals surface area contributed by atoms with Crippen molar-refractivity contribution in [2.75, 3.05) is 18.4 Å². The molecule has 1 amide bonds. The molecule has 0 spiro atoms. The van der Waals surface area contributed by atoms with Crippen LogP contribution in [0.25, 0.3) is 22.0 Å². The lowest BCUT2D eigenvalue weighted by molar-refractivity contribution is 0.0124. The number of halogens is 2. The van der Waals surface area contributed by atoms with E-state index in [0.717, 1.165) is 10.6 Å². The Labute approximate surface area is 299 Å². The molecule has 1 fully saturated rings. The molecule has 15 heteroatoms. The van der Waals surface area contributed by atoms with Crippen LogP contribution < -0.4 is 10.1 Å². The summed E-state index contributed by atoms with van der Waals surface area (Å²) < 4.78 is 68.3. The van der Waals surface area contributed by atoms with Gasteiger partial charge in [0.05, 0.1) is 40.0 Å². The van der Waals surface area contributed by atoms with Crippen molar-refractivity contribution in [3.63, 3.8) is 0 Å². The number of carbonyl (C=O) groups is 1. The highest BCUT2D eigenvalue weighted by Crippen LogP contribution is 2.38. The summed E-state index contributed by atoms with van der Waals surface area (Å²) in [4.78, 5) is 31.7. The maximum atomic E-state index is 15.3. The molecule has 0 radical (unpaired) electrons. The number of piperidine rings is 1. The first-order chi connectivity index (χ1) is 24.1. The number of amides is 1. The van der Waals surface area contributed by atoms with Gasteiger partial charge in [-0.15, -0.1) is 11.3 Å². The minimum Gasteiger partial charge on any atom is -0.444 e. The molecule has 3 aromatic heterocycles. The first kappa shape index (κ1) is 36.0. The minimum absolute atomic E-state index is 0.0422. The Morgan fingerprint density at radius 1 is 1.02 bits per heavy atom. The predicted molar refractivity (Wildman–Crippen MR) is 192 cm³/mol. The average molecular weight is 737 g/mol. The van der Waals surface area contributed by atoms with E-state index in [9.17, 15) is 17.6 Å². The number of nitrogens with one attached hydrogen (secondary N) is 1. The van der Waals surface area contributed by atoms with Crippen molar-refractivity contribution in [3.8, 4) is 22.9 Å². The maximum absolute atomic E-state index is 15.3. The molecule has 0 aliphatic carbocycles. The molecule has 2 aromatic carbocycles. The Bertz CT molecular complexity index is 2190. The number of alkyl halides is 1. The van der Waals surface area contributed by atoms with E-state index in [4.69, 9.17) is 9.47 Å².